The second-order valence-electron chi connectivity index (χ2n) is 6.57. The number of piperazine rings is 1. The lowest BCUT2D eigenvalue weighted by molar-refractivity contribution is -0.130. The van der Waals surface area contributed by atoms with E-state index in [1.54, 1.807) is 11.8 Å². The molecule has 1 amide bonds. The summed E-state index contributed by atoms with van der Waals surface area (Å²) in [6.45, 7) is 5.59. The maximum atomic E-state index is 12.9. The molecule has 0 N–H and O–H groups in total. The van der Waals surface area contributed by atoms with Crippen molar-refractivity contribution < 1.29 is 4.79 Å². The molecule has 0 bridgehead atoms. The molecule has 0 radical (unpaired) electrons. The van der Waals surface area contributed by atoms with Crippen LogP contribution < -0.4 is 4.90 Å². The first-order chi connectivity index (χ1) is 11.7. The van der Waals surface area contributed by atoms with Gasteiger partial charge in [-0.15, -0.1) is 11.8 Å². The van der Waals surface area contributed by atoms with Crippen LogP contribution in [0.2, 0.25) is 0 Å². The number of nitrogens with zero attached hydrogens (tertiary/aromatic N) is 2. The fourth-order valence-corrected chi connectivity index (χ4v) is 4.81. The predicted octanol–water partition coefficient (Wildman–Crippen LogP) is 3.36. The largest absolute Gasteiger partial charge is 0.368 e. The number of rotatable bonds is 2. The molecule has 24 heavy (non-hydrogen) atoms. The Labute approximate surface area is 147 Å². The summed E-state index contributed by atoms with van der Waals surface area (Å²) < 4.78 is 0. The highest BCUT2D eigenvalue weighted by Gasteiger charge is 2.32. The topological polar surface area (TPSA) is 23.6 Å². The van der Waals surface area contributed by atoms with E-state index in [9.17, 15) is 4.79 Å². The summed E-state index contributed by atoms with van der Waals surface area (Å²) in [4.78, 5) is 18.6. The number of aryl methyl sites for hydroxylation is 1. The highest BCUT2D eigenvalue weighted by atomic mass is 32.2. The molecule has 0 spiro atoms. The first-order valence-corrected chi connectivity index (χ1v) is 9.43. The van der Waals surface area contributed by atoms with Crippen LogP contribution in [0.15, 0.2) is 53.4 Å². The lowest BCUT2D eigenvalue weighted by atomic mass is 10.1. The summed E-state index contributed by atoms with van der Waals surface area (Å²) in [5.74, 6) is 0.306. The third kappa shape index (κ3) is 3.03. The second kappa shape index (κ2) is 6.52. The minimum Gasteiger partial charge on any atom is -0.368 e. The summed E-state index contributed by atoms with van der Waals surface area (Å²) in [5, 5.41) is 0.0629. The number of hydrogen-bond acceptors (Lipinski definition) is 3. The molecular formula is C20H22N2OS. The minimum absolute atomic E-state index is 0.0629. The molecule has 124 valence electrons. The van der Waals surface area contributed by atoms with Gasteiger partial charge in [-0.25, -0.2) is 0 Å². The van der Waals surface area contributed by atoms with E-state index in [0.29, 0.717) is 5.91 Å². The summed E-state index contributed by atoms with van der Waals surface area (Å²) >= 11 is 1.73. The Morgan fingerprint density at radius 1 is 1.04 bits per heavy atom. The van der Waals surface area contributed by atoms with E-state index in [4.69, 9.17) is 0 Å². The highest BCUT2D eigenvalue weighted by molar-refractivity contribution is 8.01. The Hall–Kier alpha value is -1.94. The van der Waals surface area contributed by atoms with Crippen LogP contribution in [0.3, 0.4) is 0 Å². The summed E-state index contributed by atoms with van der Waals surface area (Å²) in [7, 11) is 0. The van der Waals surface area contributed by atoms with Gasteiger partial charge in [-0.05, 0) is 42.7 Å². The van der Waals surface area contributed by atoms with E-state index in [-0.39, 0.29) is 5.25 Å². The average molecular weight is 338 g/mol. The molecule has 0 aliphatic carbocycles. The van der Waals surface area contributed by atoms with Crippen molar-refractivity contribution in [2.75, 3.05) is 31.1 Å². The molecular weight excluding hydrogens is 316 g/mol. The van der Waals surface area contributed by atoms with E-state index in [1.807, 2.05) is 0 Å². The summed E-state index contributed by atoms with van der Waals surface area (Å²) in [6, 6.07) is 17.0. The maximum Gasteiger partial charge on any atom is 0.236 e. The number of benzene rings is 2. The van der Waals surface area contributed by atoms with Crippen LogP contribution in [0, 0.1) is 6.92 Å². The number of carbonyl (C=O) groups excluding carboxylic acids is 1. The molecule has 4 heteroatoms. The lowest BCUT2D eigenvalue weighted by Crippen LogP contribution is -2.51. The third-order valence-electron chi connectivity index (χ3n) is 4.88. The quantitative estimate of drug-likeness (QED) is 0.839. The summed E-state index contributed by atoms with van der Waals surface area (Å²) in [6.07, 6.45) is 0.873. The Kier molecular flexibility index (Phi) is 4.23. The molecule has 2 aromatic rings. The van der Waals surface area contributed by atoms with Crippen LogP contribution in [-0.2, 0) is 11.2 Å². The van der Waals surface area contributed by atoms with Gasteiger partial charge >= 0.3 is 0 Å². The highest BCUT2D eigenvalue weighted by Crippen LogP contribution is 2.37. The van der Waals surface area contributed by atoms with Gasteiger partial charge in [0.25, 0.3) is 0 Å². The van der Waals surface area contributed by atoms with Crippen LogP contribution in [0.1, 0.15) is 11.1 Å². The maximum absolute atomic E-state index is 12.9. The smallest absolute Gasteiger partial charge is 0.236 e. The first kappa shape index (κ1) is 15.6. The molecule has 0 saturated carbocycles. The van der Waals surface area contributed by atoms with E-state index >= 15 is 0 Å². The van der Waals surface area contributed by atoms with Crippen LogP contribution in [0.25, 0.3) is 0 Å². The van der Waals surface area contributed by atoms with Crippen LogP contribution in [0.5, 0.6) is 0 Å². The molecule has 2 aliphatic rings. The van der Waals surface area contributed by atoms with Crippen molar-refractivity contribution in [2.24, 2.45) is 0 Å². The molecule has 1 atom stereocenters. The molecule has 2 aliphatic heterocycles. The van der Waals surface area contributed by atoms with Crippen molar-refractivity contribution in [1.82, 2.24) is 4.90 Å². The monoisotopic (exact) mass is 338 g/mol. The number of carbonyl (C=O) groups is 1. The van der Waals surface area contributed by atoms with Gasteiger partial charge in [0.05, 0.1) is 5.25 Å². The van der Waals surface area contributed by atoms with Gasteiger partial charge in [-0.3, -0.25) is 4.79 Å². The van der Waals surface area contributed by atoms with Crippen LogP contribution >= 0.6 is 11.8 Å². The average Bonchev–Trinajstić information content (AvgIpc) is 3.05. The van der Waals surface area contributed by atoms with Gasteiger partial charge in [-0.2, -0.15) is 0 Å². The summed E-state index contributed by atoms with van der Waals surface area (Å²) in [5.41, 5.74) is 3.87. The zero-order valence-electron chi connectivity index (χ0n) is 13.9. The Balaban J connectivity index is 1.37. The standard InChI is InChI=1S/C20H22N2OS/c1-15-5-4-7-17(13-15)21-9-11-22(12-10-21)20(23)19-14-16-6-2-3-8-18(16)24-19/h2-8,13,19H,9-12,14H2,1H3. The second-order valence-corrected chi connectivity index (χ2v) is 7.81. The van der Waals surface area contributed by atoms with E-state index < -0.39 is 0 Å². The molecule has 2 aromatic carbocycles. The van der Waals surface area contributed by atoms with Gasteiger partial charge in [0.1, 0.15) is 0 Å². The zero-order valence-corrected chi connectivity index (χ0v) is 14.8. The van der Waals surface area contributed by atoms with Crippen molar-refractivity contribution in [1.29, 1.82) is 0 Å². The normalized spacial score (nSPS) is 20.1. The Morgan fingerprint density at radius 3 is 2.58 bits per heavy atom. The fourth-order valence-electron chi connectivity index (χ4n) is 3.53. The number of amides is 1. The van der Waals surface area contributed by atoms with E-state index in [1.165, 1.54) is 21.7 Å². The van der Waals surface area contributed by atoms with Crippen molar-refractivity contribution in [3.63, 3.8) is 0 Å². The number of thioether (sulfide) groups is 1. The molecule has 4 rings (SSSR count). The SMILES string of the molecule is Cc1cccc(N2CCN(C(=O)C3Cc4ccccc4S3)CC2)c1. The number of anilines is 1. The van der Waals surface area contributed by atoms with Crippen molar-refractivity contribution in [3.05, 3.63) is 59.7 Å². The minimum atomic E-state index is 0.0629. The van der Waals surface area contributed by atoms with Gasteiger partial charge in [0, 0.05) is 36.8 Å². The Bertz CT molecular complexity index is 728. The van der Waals surface area contributed by atoms with E-state index in [2.05, 4.69) is 65.3 Å². The van der Waals surface area contributed by atoms with Gasteiger partial charge < -0.3 is 9.80 Å². The predicted molar refractivity (Wildman–Crippen MR) is 99.8 cm³/mol. The van der Waals surface area contributed by atoms with Crippen LogP contribution in [-0.4, -0.2) is 42.2 Å². The lowest BCUT2D eigenvalue weighted by Gasteiger charge is -2.37. The third-order valence-corrected chi connectivity index (χ3v) is 6.19. The number of fused-ring (bicyclic) bond motifs is 1. The van der Waals surface area contributed by atoms with Gasteiger partial charge in [0.2, 0.25) is 5.91 Å². The number of hydrogen-bond donors (Lipinski definition) is 0. The molecule has 1 saturated heterocycles. The Morgan fingerprint density at radius 2 is 1.83 bits per heavy atom. The van der Waals surface area contributed by atoms with Crippen molar-refractivity contribution in [2.45, 2.75) is 23.5 Å². The van der Waals surface area contributed by atoms with Crippen molar-refractivity contribution >= 4 is 23.4 Å². The zero-order chi connectivity index (χ0) is 16.5. The first-order valence-electron chi connectivity index (χ1n) is 8.56. The molecule has 2 heterocycles. The molecule has 0 aromatic heterocycles. The van der Waals surface area contributed by atoms with Gasteiger partial charge in [0.15, 0.2) is 0 Å². The van der Waals surface area contributed by atoms with Crippen molar-refractivity contribution in [3.8, 4) is 0 Å². The fraction of sp³-hybridized carbons (Fsp3) is 0.350. The molecule has 3 nitrogen and oxygen atoms in total. The van der Waals surface area contributed by atoms with Crippen LogP contribution in [0.4, 0.5) is 5.69 Å². The van der Waals surface area contributed by atoms with Gasteiger partial charge in [-0.1, -0.05) is 30.3 Å². The molecule has 1 unspecified atom stereocenters. The molecule has 1 fully saturated rings. The van der Waals surface area contributed by atoms with E-state index in [0.717, 1.165) is 32.6 Å².